The fourth-order valence-corrected chi connectivity index (χ4v) is 4.25. The van der Waals surface area contributed by atoms with E-state index in [1.54, 1.807) is 24.3 Å². The van der Waals surface area contributed by atoms with Crippen LogP contribution in [-0.2, 0) is 19.8 Å². The number of ether oxygens (including phenoxy) is 3. The Kier molecular flexibility index (Phi) is 9.33. The predicted octanol–water partition coefficient (Wildman–Crippen LogP) is 7.88. The SMILES string of the molecule is Oc1cc(OCc2ccccc2)ccc1C(O)C=Cc1ccc(OCc2ccccc2)cc1OCc1ccccc1. The molecule has 0 aliphatic rings. The van der Waals surface area contributed by atoms with Crippen molar-refractivity contribution in [3.63, 3.8) is 0 Å². The molecule has 5 nitrogen and oxygen atoms in total. The molecule has 0 aliphatic heterocycles. The molecule has 2 N–H and O–H groups in total. The molecule has 0 fully saturated rings. The zero-order valence-electron chi connectivity index (χ0n) is 22.6. The van der Waals surface area contributed by atoms with E-state index in [-0.39, 0.29) is 5.75 Å². The summed E-state index contributed by atoms with van der Waals surface area (Å²) in [5, 5.41) is 21.5. The lowest BCUT2D eigenvalue weighted by atomic mass is 10.1. The topological polar surface area (TPSA) is 68.2 Å². The van der Waals surface area contributed by atoms with Gasteiger partial charge in [0, 0.05) is 23.3 Å². The number of phenols is 1. The number of phenolic OH excluding ortho intramolecular Hbond substituents is 1. The molecule has 1 atom stereocenters. The van der Waals surface area contributed by atoms with Crippen LogP contribution in [0.1, 0.15) is 33.9 Å². The van der Waals surface area contributed by atoms with Gasteiger partial charge in [0.25, 0.3) is 0 Å². The van der Waals surface area contributed by atoms with Gasteiger partial charge in [-0.3, -0.25) is 0 Å². The number of aliphatic hydroxyl groups is 1. The number of aliphatic hydroxyl groups excluding tert-OH is 1. The highest BCUT2D eigenvalue weighted by atomic mass is 16.5. The monoisotopic (exact) mass is 544 g/mol. The van der Waals surface area contributed by atoms with Gasteiger partial charge in [0.15, 0.2) is 0 Å². The maximum atomic E-state index is 10.9. The summed E-state index contributed by atoms with van der Waals surface area (Å²) in [5.41, 5.74) is 4.29. The molecule has 5 heteroatoms. The molecule has 0 amide bonds. The Morgan fingerprint density at radius 3 is 1.59 bits per heavy atom. The number of rotatable bonds is 12. The summed E-state index contributed by atoms with van der Waals surface area (Å²) in [6.45, 7) is 1.22. The fourth-order valence-electron chi connectivity index (χ4n) is 4.25. The molecular formula is C36H32O5. The molecule has 0 aromatic heterocycles. The Morgan fingerprint density at radius 2 is 1.05 bits per heavy atom. The second-order valence-corrected chi connectivity index (χ2v) is 9.55. The van der Waals surface area contributed by atoms with Crippen molar-refractivity contribution in [2.45, 2.75) is 25.9 Å². The number of benzene rings is 5. The first-order valence-corrected chi connectivity index (χ1v) is 13.5. The number of aromatic hydroxyl groups is 1. The van der Waals surface area contributed by atoms with Gasteiger partial charge in [0.05, 0.1) is 0 Å². The van der Waals surface area contributed by atoms with E-state index in [0.717, 1.165) is 22.3 Å². The summed E-state index contributed by atoms with van der Waals surface area (Å²) in [6.07, 6.45) is 2.37. The molecular weight excluding hydrogens is 512 g/mol. The first-order chi connectivity index (χ1) is 20.1. The van der Waals surface area contributed by atoms with Crippen molar-refractivity contribution in [2.75, 3.05) is 0 Å². The van der Waals surface area contributed by atoms with E-state index >= 15 is 0 Å². The van der Waals surface area contributed by atoms with E-state index in [2.05, 4.69) is 0 Å². The predicted molar refractivity (Wildman–Crippen MR) is 161 cm³/mol. The highest BCUT2D eigenvalue weighted by molar-refractivity contribution is 5.60. The second-order valence-electron chi connectivity index (χ2n) is 9.55. The van der Waals surface area contributed by atoms with Crippen molar-refractivity contribution in [2.24, 2.45) is 0 Å². The van der Waals surface area contributed by atoms with Gasteiger partial charge >= 0.3 is 0 Å². The fraction of sp³-hybridized carbons (Fsp3) is 0.111. The van der Waals surface area contributed by atoms with Crippen LogP contribution in [0.2, 0.25) is 0 Å². The molecule has 5 rings (SSSR count). The average molecular weight is 545 g/mol. The first kappa shape index (κ1) is 27.6. The van der Waals surface area contributed by atoms with Crippen molar-refractivity contribution < 1.29 is 24.4 Å². The van der Waals surface area contributed by atoms with E-state index in [0.29, 0.717) is 42.6 Å². The zero-order chi connectivity index (χ0) is 28.3. The zero-order valence-corrected chi connectivity index (χ0v) is 22.6. The minimum atomic E-state index is -1.03. The Balaban J connectivity index is 1.29. The summed E-state index contributed by atoms with van der Waals surface area (Å²) in [7, 11) is 0. The lowest BCUT2D eigenvalue weighted by molar-refractivity contribution is 0.224. The molecule has 0 radical (unpaired) electrons. The van der Waals surface area contributed by atoms with Gasteiger partial charge in [0.1, 0.15) is 48.9 Å². The van der Waals surface area contributed by atoms with Crippen LogP contribution in [0, 0.1) is 0 Å². The first-order valence-electron chi connectivity index (χ1n) is 13.5. The highest BCUT2D eigenvalue weighted by Gasteiger charge is 2.12. The van der Waals surface area contributed by atoms with E-state index in [1.165, 1.54) is 6.07 Å². The largest absolute Gasteiger partial charge is 0.507 e. The molecule has 206 valence electrons. The van der Waals surface area contributed by atoms with Gasteiger partial charge in [-0.2, -0.15) is 0 Å². The molecule has 0 spiro atoms. The molecule has 0 saturated carbocycles. The van der Waals surface area contributed by atoms with E-state index < -0.39 is 6.10 Å². The summed E-state index contributed by atoms with van der Waals surface area (Å²) < 4.78 is 18.0. The minimum Gasteiger partial charge on any atom is -0.507 e. The van der Waals surface area contributed by atoms with Crippen molar-refractivity contribution in [3.05, 3.63) is 161 Å². The lowest BCUT2D eigenvalue weighted by Gasteiger charge is -2.14. The van der Waals surface area contributed by atoms with Crippen LogP contribution in [0.25, 0.3) is 6.08 Å². The van der Waals surface area contributed by atoms with Crippen molar-refractivity contribution in [1.82, 2.24) is 0 Å². The van der Waals surface area contributed by atoms with Gasteiger partial charge in [-0.1, -0.05) is 103 Å². The Bertz CT molecular complexity index is 1550. The average Bonchev–Trinajstić information content (AvgIpc) is 3.02. The van der Waals surface area contributed by atoms with E-state index in [4.69, 9.17) is 14.2 Å². The number of hydrogen-bond donors (Lipinski definition) is 2. The second kappa shape index (κ2) is 13.9. The summed E-state index contributed by atoms with van der Waals surface area (Å²) in [6, 6.07) is 40.2. The van der Waals surface area contributed by atoms with Crippen LogP contribution in [0.5, 0.6) is 23.0 Å². The lowest BCUT2D eigenvalue weighted by Crippen LogP contribution is -2.00. The third kappa shape index (κ3) is 8.01. The van der Waals surface area contributed by atoms with Gasteiger partial charge in [-0.15, -0.1) is 0 Å². The van der Waals surface area contributed by atoms with Crippen LogP contribution in [0.4, 0.5) is 0 Å². The van der Waals surface area contributed by atoms with Gasteiger partial charge in [-0.05, 0) is 41.0 Å². The van der Waals surface area contributed by atoms with Crippen LogP contribution < -0.4 is 14.2 Å². The summed E-state index contributed by atoms with van der Waals surface area (Å²) in [4.78, 5) is 0. The third-order valence-corrected chi connectivity index (χ3v) is 6.50. The quantitative estimate of drug-likeness (QED) is 0.167. The minimum absolute atomic E-state index is 0.0436. The Morgan fingerprint density at radius 1 is 0.561 bits per heavy atom. The Hall–Kier alpha value is -5.00. The Labute approximate surface area is 240 Å². The van der Waals surface area contributed by atoms with E-state index in [1.807, 2.05) is 109 Å². The van der Waals surface area contributed by atoms with Crippen LogP contribution >= 0.6 is 0 Å². The van der Waals surface area contributed by atoms with Gasteiger partial charge in [-0.25, -0.2) is 0 Å². The normalized spacial score (nSPS) is 11.7. The third-order valence-electron chi connectivity index (χ3n) is 6.50. The van der Waals surface area contributed by atoms with Crippen molar-refractivity contribution >= 4 is 6.08 Å². The van der Waals surface area contributed by atoms with Crippen LogP contribution in [0.15, 0.2) is 133 Å². The molecule has 1 unspecified atom stereocenters. The molecule has 0 saturated heterocycles. The van der Waals surface area contributed by atoms with Crippen LogP contribution in [-0.4, -0.2) is 10.2 Å². The maximum absolute atomic E-state index is 10.9. The summed E-state index contributed by atoms with van der Waals surface area (Å²) in [5.74, 6) is 1.78. The maximum Gasteiger partial charge on any atom is 0.130 e. The van der Waals surface area contributed by atoms with Crippen molar-refractivity contribution in [1.29, 1.82) is 0 Å². The van der Waals surface area contributed by atoms with E-state index in [9.17, 15) is 10.2 Å². The highest BCUT2D eigenvalue weighted by Crippen LogP contribution is 2.32. The van der Waals surface area contributed by atoms with Gasteiger partial charge in [0.2, 0.25) is 0 Å². The van der Waals surface area contributed by atoms with Crippen LogP contribution in [0.3, 0.4) is 0 Å². The standard InChI is InChI=1S/C36H32O5/c37-34(33-20-19-31(22-35(33)38)39-24-27-10-4-1-5-11-27)21-17-30-16-18-32(40-25-28-12-6-2-7-13-28)23-36(30)41-26-29-14-8-3-9-15-29/h1-23,34,37-38H,24-26H2. The molecule has 0 heterocycles. The molecule has 5 aromatic rings. The summed E-state index contributed by atoms with van der Waals surface area (Å²) >= 11 is 0. The number of hydrogen-bond acceptors (Lipinski definition) is 5. The van der Waals surface area contributed by atoms with Crippen molar-refractivity contribution in [3.8, 4) is 23.0 Å². The van der Waals surface area contributed by atoms with Gasteiger partial charge < -0.3 is 24.4 Å². The molecule has 0 bridgehead atoms. The molecule has 0 aliphatic carbocycles. The smallest absolute Gasteiger partial charge is 0.130 e. The molecule has 5 aromatic carbocycles. The molecule has 41 heavy (non-hydrogen) atoms.